The Hall–Kier alpha value is -2.75. The Labute approximate surface area is 124 Å². The highest BCUT2D eigenvalue weighted by Gasteiger charge is 2.04. The topological polar surface area (TPSA) is 39.1 Å². The summed E-state index contributed by atoms with van der Waals surface area (Å²) in [6, 6.07) is 18.1. The van der Waals surface area contributed by atoms with Gasteiger partial charge in [0.05, 0.1) is 31.2 Å². The maximum atomic E-state index is 5.33. The maximum absolute atomic E-state index is 5.33. The monoisotopic (exact) mass is 279 g/mol. The highest BCUT2D eigenvalue weighted by molar-refractivity contribution is 5.65. The minimum atomic E-state index is 0.758. The summed E-state index contributed by atoms with van der Waals surface area (Å²) in [5.41, 5.74) is 3.10. The molecule has 0 fully saturated rings. The van der Waals surface area contributed by atoms with Gasteiger partial charge in [-0.2, -0.15) is 5.10 Å². The average Bonchev–Trinajstić information content (AvgIpc) is 2.96. The lowest BCUT2D eigenvalue weighted by Gasteiger charge is -2.08. The van der Waals surface area contributed by atoms with Gasteiger partial charge in [0.1, 0.15) is 5.75 Å². The Morgan fingerprint density at radius 2 is 1.81 bits per heavy atom. The summed E-state index contributed by atoms with van der Waals surface area (Å²) >= 11 is 0. The van der Waals surface area contributed by atoms with Crippen LogP contribution in [0.15, 0.2) is 67.0 Å². The third-order valence-electron chi connectivity index (χ3n) is 3.21. The number of nitrogens with one attached hydrogen (secondary N) is 1. The summed E-state index contributed by atoms with van der Waals surface area (Å²) in [6.45, 7) is 0.758. The maximum Gasteiger partial charge on any atom is 0.142 e. The Kier molecular flexibility index (Phi) is 3.87. The van der Waals surface area contributed by atoms with E-state index in [0.29, 0.717) is 0 Å². The second-order valence-corrected chi connectivity index (χ2v) is 4.74. The first-order chi connectivity index (χ1) is 10.3. The Morgan fingerprint density at radius 1 is 1.05 bits per heavy atom. The van der Waals surface area contributed by atoms with Crippen LogP contribution < -0.4 is 10.1 Å². The number of nitrogens with zero attached hydrogens (tertiary/aromatic N) is 2. The molecule has 106 valence electrons. The largest absolute Gasteiger partial charge is 0.495 e. The van der Waals surface area contributed by atoms with Crippen LogP contribution >= 0.6 is 0 Å². The van der Waals surface area contributed by atoms with E-state index >= 15 is 0 Å². The molecule has 0 atom stereocenters. The third-order valence-corrected chi connectivity index (χ3v) is 3.21. The number of methoxy groups -OCH3 is 1. The smallest absolute Gasteiger partial charge is 0.142 e. The van der Waals surface area contributed by atoms with Gasteiger partial charge in [0.15, 0.2) is 0 Å². The predicted molar refractivity (Wildman–Crippen MR) is 84.0 cm³/mol. The van der Waals surface area contributed by atoms with Crippen molar-refractivity contribution in [2.75, 3.05) is 12.4 Å². The SMILES string of the molecule is COc1ccccc1Nc1cnn(Cc2ccccc2)c1. The van der Waals surface area contributed by atoms with Gasteiger partial charge in [-0.15, -0.1) is 0 Å². The van der Waals surface area contributed by atoms with Gasteiger partial charge in [0.25, 0.3) is 0 Å². The highest BCUT2D eigenvalue weighted by Crippen LogP contribution is 2.26. The van der Waals surface area contributed by atoms with Crippen molar-refractivity contribution in [2.45, 2.75) is 6.54 Å². The average molecular weight is 279 g/mol. The third kappa shape index (κ3) is 3.23. The predicted octanol–water partition coefficient (Wildman–Crippen LogP) is 3.68. The molecule has 1 heterocycles. The van der Waals surface area contributed by atoms with Crippen molar-refractivity contribution in [3.05, 3.63) is 72.6 Å². The fraction of sp³-hybridized carbons (Fsp3) is 0.118. The Bertz CT molecular complexity index is 707. The van der Waals surface area contributed by atoms with Crippen LogP contribution in [0, 0.1) is 0 Å². The van der Waals surface area contributed by atoms with Gasteiger partial charge < -0.3 is 10.1 Å². The van der Waals surface area contributed by atoms with Crippen LogP contribution in [-0.4, -0.2) is 16.9 Å². The molecule has 4 heteroatoms. The second kappa shape index (κ2) is 6.13. The van der Waals surface area contributed by atoms with Crippen molar-refractivity contribution < 1.29 is 4.74 Å². The molecule has 0 unspecified atom stereocenters. The van der Waals surface area contributed by atoms with E-state index in [1.54, 1.807) is 7.11 Å². The van der Waals surface area contributed by atoms with Crippen LogP contribution in [0.1, 0.15) is 5.56 Å². The normalized spacial score (nSPS) is 10.3. The molecule has 0 amide bonds. The molecular formula is C17H17N3O. The molecule has 0 aliphatic rings. The molecule has 0 saturated heterocycles. The molecule has 4 nitrogen and oxygen atoms in total. The van der Waals surface area contributed by atoms with Crippen LogP contribution in [0.3, 0.4) is 0 Å². The molecule has 3 aromatic rings. The summed E-state index contributed by atoms with van der Waals surface area (Å²) in [6.07, 6.45) is 3.80. The van der Waals surface area contributed by atoms with Gasteiger partial charge in [-0.3, -0.25) is 4.68 Å². The molecule has 0 saturated carbocycles. The zero-order valence-corrected chi connectivity index (χ0v) is 11.9. The quantitative estimate of drug-likeness (QED) is 0.774. The van der Waals surface area contributed by atoms with E-state index in [2.05, 4.69) is 22.5 Å². The molecular weight excluding hydrogens is 262 g/mol. The first kappa shape index (κ1) is 13.2. The van der Waals surface area contributed by atoms with Crippen LogP contribution in [0.4, 0.5) is 11.4 Å². The highest BCUT2D eigenvalue weighted by atomic mass is 16.5. The zero-order chi connectivity index (χ0) is 14.5. The number of hydrogen-bond donors (Lipinski definition) is 1. The van der Waals surface area contributed by atoms with Crippen LogP contribution in [0.25, 0.3) is 0 Å². The number of aromatic nitrogens is 2. The number of ether oxygens (including phenoxy) is 1. The van der Waals surface area contributed by atoms with Gasteiger partial charge in [-0.25, -0.2) is 0 Å². The lowest BCUT2D eigenvalue weighted by molar-refractivity contribution is 0.417. The summed E-state index contributed by atoms with van der Waals surface area (Å²) in [5, 5.41) is 7.70. The summed E-state index contributed by atoms with van der Waals surface area (Å²) < 4.78 is 7.24. The van der Waals surface area contributed by atoms with Crippen LogP contribution in [0.5, 0.6) is 5.75 Å². The number of benzene rings is 2. The number of para-hydroxylation sites is 2. The molecule has 21 heavy (non-hydrogen) atoms. The minimum absolute atomic E-state index is 0.758. The van der Waals surface area contributed by atoms with Crippen molar-refractivity contribution in [3.63, 3.8) is 0 Å². The Balaban J connectivity index is 1.73. The molecule has 0 bridgehead atoms. The zero-order valence-electron chi connectivity index (χ0n) is 11.9. The summed E-state index contributed by atoms with van der Waals surface area (Å²) in [7, 11) is 1.67. The lowest BCUT2D eigenvalue weighted by Crippen LogP contribution is -1.99. The first-order valence-corrected chi connectivity index (χ1v) is 6.81. The van der Waals surface area contributed by atoms with E-state index in [-0.39, 0.29) is 0 Å². The molecule has 0 aliphatic heterocycles. The summed E-state index contributed by atoms with van der Waals surface area (Å²) in [5.74, 6) is 0.813. The molecule has 0 radical (unpaired) electrons. The van der Waals surface area contributed by atoms with E-state index in [4.69, 9.17) is 4.74 Å². The number of anilines is 2. The van der Waals surface area contributed by atoms with E-state index in [9.17, 15) is 0 Å². The van der Waals surface area contributed by atoms with Crippen molar-refractivity contribution in [2.24, 2.45) is 0 Å². The fourth-order valence-corrected chi connectivity index (χ4v) is 2.19. The lowest BCUT2D eigenvalue weighted by atomic mass is 10.2. The van der Waals surface area contributed by atoms with Crippen LogP contribution in [0.2, 0.25) is 0 Å². The molecule has 3 rings (SSSR count). The van der Waals surface area contributed by atoms with Gasteiger partial charge in [-0.1, -0.05) is 42.5 Å². The minimum Gasteiger partial charge on any atom is -0.495 e. The van der Waals surface area contributed by atoms with Gasteiger partial charge in [0, 0.05) is 6.20 Å². The molecule has 0 aliphatic carbocycles. The van der Waals surface area contributed by atoms with Gasteiger partial charge in [-0.05, 0) is 17.7 Å². The van der Waals surface area contributed by atoms with Crippen LogP contribution in [-0.2, 0) is 6.54 Å². The molecule has 1 N–H and O–H groups in total. The van der Waals surface area contributed by atoms with Crippen molar-refractivity contribution in [1.82, 2.24) is 9.78 Å². The van der Waals surface area contributed by atoms with E-state index < -0.39 is 0 Å². The number of rotatable bonds is 5. The van der Waals surface area contributed by atoms with E-state index in [1.165, 1.54) is 5.56 Å². The van der Waals surface area contributed by atoms with Crippen molar-refractivity contribution in [1.29, 1.82) is 0 Å². The van der Waals surface area contributed by atoms with E-state index in [1.807, 2.05) is 59.5 Å². The molecule has 1 aromatic heterocycles. The second-order valence-electron chi connectivity index (χ2n) is 4.74. The van der Waals surface area contributed by atoms with Gasteiger partial charge in [0.2, 0.25) is 0 Å². The van der Waals surface area contributed by atoms with Gasteiger partial charge >= 0.3 is 0 Å². The Morgan fingerprint density at radius 3 is 2.62 bits per heavy atom. The first-order valence-electron chi connectivity index (χ1n) is 6.81. The number of hydrogen-bond acceptors (Lipinski definition) is 3. The van der Waals surface area contributed by atoms with Crippen molar-refractivity contribution >= 4 is 11.4 Å². The van der Waals surface area contributed by atoms with Crippen molar-refractivity contribution in [3.8, 4) is 5.75 Å². The van der Waals surface area contributed by atoms with E-state index in [0.717, 1.165) is 23.7 Å². The molecule has 2 aromatic carbocycles. The standard InChI is InChI=1S/C17H17N3O/c1-21-17-10-6-5-9-16(17)19-15-11-18-20(13-15)12-14-7-3-2-4-8-14/h2-11,13,19H,12H2,1H3. The fourth-order valence-electron chi connectivity index (χ4n) is 2.19. The summed E-state index contributed by atoms with van der Waals surface area (Å²) in [4.78, 5) is 0. The molecule has 0 spiro atoms.